The van der Waals surface area contributed by atoms with Crippen LogP contribution in [0.5, 0.6) is 5.75 Å². The normalized spacial score (nSPS) is 16.4. The fourth-order valence-electron chi connectivity index (χ4n) is 2.60. The second-order valence-corrected chi connectivity index (χ2v) is 5.13. The highest BCUT2D eigenvalue weighted by Gasteiger charge is 2.21. The minimum Gasteiger partial charge on any atom is -0.503 e. The van der Waals surface area contributed by atoms with E-state index >= 15 is 0 Å². The molecule has 114 valence electrons. The number of ether oxygens (including phenoxy) is 3. The number of carbonyl (C=O) groups is 1. The molecule has 0 aromatic heterocycles. The highest BCUT2D eigenvalue weighted by Crippen LogP contribution is 2.30. The van der Waals surface area contributed by atoms with Crippen LogP contribution in [-0.2, 0) is 14.3 Å². The van der Waals surface area contributed by atoms with Crippen molar-refractivity contribution in [1.82, 2.24) is 0 Å². The smallest absolute Gasteiger partial charge is 0.341 e. The van der Waals surface area contributed by atoms with E-state index in [9.17, 15) is 4.79 Å². The van der Waals surface area contributed by atoms with E-state index in [-0.39, 0.29) is 6.10 Å². The van der Waals surface area contributed by atoms with Crippen LogP contribution in [0.25, 0.3) is 5.57 Å². The zero-order chi connectivity index (χ0) is 15.1. The lowest BCUT2D eigenvalue weighted by atomic mass is 9.97. The van der Waals surface area contributed by atoms with Crippen LogP contribution in [0, 0.1) is 0 Å². The molecule has 0 bridgehead atoms. The maximum absolute atomic E-state index is 11.9. The average molecular weight is 290 g/mol. The standard InChI is InChI=1S/C17H22O4/c1-19-12-15(17(18)20-2)14-10-6-7-11-16(14)21-13-8-4-3-5-9-13/h6-7,10-13H,3-5,8-9H2,1-2H3. The Labute approximate surface area is 125 Å². The van der Waals surface area contributed by atoms with Gasteiger partial charge in [0, 0.05) is 5.56 Å². The Morgan fingerprint density at radius 1 is 1.14 bits per heavy atom. The Hall–Kier alpha value is -1.97. The van der Waals surface area contributed by atoms with Gasteiger partial charge >= 0.3 is 5.97 Å². The van der Waals surface area contributed by atoms with Crippen LogP contribution in [0.2, 0.25) is 0 Å². The van der Waals surface area contributed by atoms with Crippen molar-refractivity contribution < 1.29 is 19.0 Å². The second kappa shape index (κ2) is 7.72. The highest BCUT2D eigenvalue weighted by molar-refractivity contribution is 6.16. The average Bonchev–Trinajstić information content (AvgIpc) is 2.54. The van der Waals surface area contributed by atoms with Crippen molar-refractivity contribution in [2.75, 3.05) is 14.2 Å². The monoisotopic (exact) mass is 290 g/mol. The van der Waals surface area contributed by atoms with E-state index in [1.807, 2.05) is 24.3 Å². The van der Waals surface area contributed by atoms with Crippen LogP contribution >= 0.6 is 0 Å². The molecular weight excluding hydrogens is 268 g/mol. The minimum absolute atomic E-state index is 0.223. The molecule has 0 heterocycles. The van der Waals surface area contributed by atoms with Gasteiger partial charge in [0.15, 0.2) is 0 Å². The van der Waals surface area contributed by atoms with Crippen LogP contribution in [-0.4, -0.2) is 26.3 Å². The van der Waals surface area contributed by atoms with E-state index in [0.717, 1.165) is 12.8 Å². The third-order valence-electron chi connectivity index (χ3n) is 3.66. The summed E-state index contributed by atoms with van der Waals surface area (Å²) in [4.78, 5) is 11.9. The molecule has 1 aromatic carbocycles. The predicted octanol–water partition coefficient (Wildman–Crippen LogP) is 3.56. The molecule has 0 N–H and O–H groups in total. The molecular formula is C17H22O4. The van der Waals surface area contributed by atoms with Crippen molar-refractivity contribution in [3.8, 4) is 5.75 Å². The molecule has 0 aliphatic heterocycles. The predicted molar refractivity (Wildman–Crippen MR) is 80.9 cm³/mol. The quantitative estimate of drug-likeness (QED) is 0.472. The highest BCUT2D eigenvalue weighted by atomic mass is 16.5. The number of hydrogen-bond acceptors (Lipinski definition) is 4. The number of benzene rings is 1. The number of carbonyl (C=O) groups excluding carboxylic acids is 1. The second-order valence-electron chi connectivity index (χ2n) is 5.13. The first-order valence-electron chi connectivity index (χ1n) is 7.33. The summed E-state index contributed by atoms with van der Waals surface area (Å²) in [7, 11) is 2.87. The lowest BCUT2D eigenvalue weighted by Crippen LogP contribution is -2.20. The molecule has 21 heavy (non-hydrogen) atoms. The molecule has 0 spiro atoms. The molecule has 0 saturated heterocycles. The first-order chi connectivity index (χ1) is 10.3. The van der Waals surface area contributed by atoms with Crippen molar-refractivity contribution in [3.63, 3.8) is 0 Å². The first kappa shape index (κ1) is 15.4. The molecule has 4 heteroatoms. The van der Waals surface area contributed by atoms with Gasteiger partial charge in [0.25, 0.3) is 0 Å². The number of para-hydroxylation sites is 1. The Bertz CT molecular complexity index is 501. The van der Waals surface area contributed by atoms with E-state index in [4.69, 9.17) is 14.2 Å². The Morgan fingerprint density at radius 2 is 1.86 bits per heavy atom. The molecule has 0 atom stereocenters. The minimum atomic E-state index is -0.434. The van der Waals surface area contributed by atoms with Crippen LogP contribution in [0.1, 0.15) is 37.7 Å². The van der Waals surface area contributed by atoms with Crippen molar-refractivity contribution in [2.24, 2.45) is 0 Å². The Balaban J connectivity index is 2.26. The third kappa shape index (κ3) is 4.00. The van der Waals surface area contributed by atoms with E-state index < -0.39 is 5.97 Å². The fraction of sp³-hybridized carbons (Fsp3) is 0.471. The summed E-state index contributed by atoms with van der Waals surface area (Å²) < 4.78 is 15.9. The van der Waals surface area contributed by atoms with Gasteiger partial charge in [-0.1, -0.05) is 24.6 Å². The van der Waals surface area contributed by atoms with Gasteiger partial charge in [0.2, 0.25) is 0 Å². The number of methoxy groups -OCH3 is 2. The lowest BCUT2D eigenvalue weighted by molar-refractivity contribution is -0.133. The maximum atomic E-state index is 11.9. The van der Waals surface area contributed by atoms with Gasteiger partial charge in [-0.2, -0.15) is 0 Å². The Morgan fingerprint density at radius 3 is 2.52 bits per heavy atom. The molecule has 1 aliphatic rings. The first-order valence-corrected chi connectivity index (χ1v) is 7.33. The zero-order valence-corrected chi connectivity index (χ0v) is 12.6. The lowest BCUT2D eigenvalue weighted by Gasteiger charge is -2.24. The fourth-order valence-corrected chi connectivity index (χ4v) is 2.60. The Kier molecular flexibility index (Phi) is 5.67. The number of rotatable bonds is 5. The zero-order valence-electron chi connectivity index (χ0n) is 12.6. The molecule has 1 saturated carbocycles. The molecule has 4 nitrogen and oxygen atoms in total. The van der Waals surface area contributed by atoms with Crippen molar-refractivity contribution >= 4 is 11.5 Å². The van der Waals surface area contributed by atoms with E-state index in [1.54, 1.807) is 0 Å². The molecule has 0 unspecified atom stereocenters. The largest absolute Gasteiger partial charge is 0.503 e. The summed E-state index contributed by atoms with van der Waals surface area (Å²) >= 11 is 0. The molecule has 0 amide bonds. The summed E-state index contributed by atoms with van der Waals surface area (Å²) in [5.74, 6) is 0.273. The van der Waals surface area contributed by atoms with Gasteiger partial charge in [0.1, 0.15) is 11.3 Å². The summed E-state index contributed by atoms with van der Waals surface area (Å²) in [5.41, 5.74) is 1.07. The molecule has 0 radical (unpaired) electrons. The summed E-state index contributed by atoms with van der Waals surface area (Å²) in [6, 6.07) is 7.51. The van der Waals surface area contributed by atoms with Crippen LogP contribution in [0.15, 0.2) is 30.5 Å². The van der Waals surface area contributed by atoms with Crippen LogP contribution in [0.3, 0.4) is 0 Å². The van der Waals surface area contributed by atoms with Gasteiger partial charge in [-0.05, 0) is 31.7 Å². The van der Waals surface area contributed by atoms with Crippen molar-refractivity contribution in [1.29, 1.82) is 0 Å². The maximum Gasteiger partial charge on any atom is 0.341 e. The SMILES string of the molecule is COC=C(C(=O)OC)c1ccccc1OC1CCCCC1. The number of esters is 1. The summed E-state index contributed by atoms with van der Waals surface area (Å²) in [6.07, 6.45) is 7.43. The van der Waals surface area contributed by atoms with E-state index in [0.29, 0.717) is 16.9 Å². The van der Waals surface area contributed by atoms with E-state index in [1.165, 1.54) is 39.7 Å². The van der Waals surface area contributed by atoms with Gasteiger partial charge in [0.05, 0.1) is 26.6 Å². The summed E-state index contributed by atoms with van der Waals surface area (Å²) in [5, 5.41) is 0. The summed E-state index contributed by atoms with van der Waals surface area (Å²) in [6.45, 7) is 0. The van der Waals surface area contributed by atoms with Crippen LogP contribution < -0.4 is 4.74 Å². The van der Waals surface area contributed by atoms with Crippen LogP contribution in [0.4, 0.5) is 0 Å². The van der Waals surface area contributed by atoms with Gasteiger partial charge in [-0.3, -0.25) is 0 Å². The van der Waals surface area contributed by atoms with Crippen molar-refractivity contribution in [2.45, 2.75) is 38.2 Å². The molecule has 1 aromatic rings. The van der Waals surface area contributed by atoms with Gasteiger partial charge in [-0.25, -0.2) is 4.79 Å². The topological polar surface area (TPSA) is 44.8 Å². The van der Waals surface area contributed by atoms with Gasteiger partial charge < -0.3 is 14.2 Å². The molecule has 1 fully saturated rings. The third-order valence-corrected chi connectivity index (χ3v) is 3.66. The molecule has 1 aliphatic carbocycles. The van der Waals surface area contributed by atoms with Crippen molar-refractivity contribution in [3.05, 3.63) is 36.1 Å². The molecule has 2 rings (SSSR count). The number of hydrogen-bond donors (Lipinski definition) is 0. The van der Waals surface area contributed by atoms with E-state index in [2.05, 4.69) is 0 Å². The van der Waals surface area contributed by atoms with Gasteiger partial charge in [-0.15, -0.1) is 0 Å².